The molecule has 2 nitrogen and oxygen atoms in total. The molecule has 38 heavy (non-hydrogen) atoms. The van der Waals surface area contributed by atoms with Crippen LogP contribution in [0.1, 0.15) is 201 Å². The maximum Gasteiger partial charge on any atom is 0.0431 e. The lowest BCUT2D eigenvalue weighted by Gasteiger charge is -2.04. The topological polar surface area (TPSA) is 40.5 Å². The maximum absolute atomic E-state index is 8.67. The summed E-state index contributed by atoms with van der Waals surface area (Å²) in [7, 11) is 0. The largest absolute Gasteiger partial charge is 0.396 e. The number of aliphatic hydroxyl groups excluding tert-OH is 2. The number of hydrogen-bond acceptors (Lipinski definition) is 2. The molecule has 0 aliphatic heterocycles. The molecule has 0 radical (unpaired) electrons. The second-order valence-electron chi connectivity index (χ2n) is 12.2. The van der Waals surface area contributed by atoms with Crippen LogP contribution in [0.5, 0.6) is 0 Å². The molecule has 0 unspecified atom stereocenters. The van der Waals surface area contributed by atoms with Gasteiger partial charge in [-0.25, -0.2) is 0 Å². The molecule has 0 aromatic heterocycles. The van der Waals surface area contributed by atoms with Gasteiger partial charge in [0, 0.05) is 13.2 Å². The van der Waals surface area contributed by atoms with Gasteiger partial charge in [0.25, 0.3) is 0 Å². The fourth-order valence-corrected chi connectivity index (χ4v) is 4.97. The standard InChI is InChI=1S/C18H38O.C18H36O/c1-18(2)16-14-12-10-8-6-4-3-5-7-9-11-13-15-17-19;1-2-3-4-5-6-7-8-9-10-11-12-13-14-15-16-17-18-19/h18-19H,3-17H2,1-2H3;9-10,19H,2-8,11-18H2,1H3/b;10-9-. The van der Waals surface area contributed by atoms with E-state index in [9.17, 15) is 0 Å². The molecule has 0 aromatic carbocycles. The van der Waals surface area contributed by atoms with Gasteiger partial charge in [0.1, 0.15) is 0 Å². The van der Waals surface area contributed by atoms with Gasteiger partial charge in [-0.2, -0.15) is 0 Å². The third-order valence-electron chi connectivity index (χ3n) is 7.61. The molecule has 0 aliphatic rings. The number of unbranched alkanes of at least 4 members (excludes halogenated alkanes) is 24. The first kappa shape index (κ1) is 39.8. The van der Waals surface area contributed by atoms with Gasteiger partial charge in [-0.15, -0.1) is 0 Å². The molecule has 0 saturated heterocycles. The molecule has 0 amide bonds. The van der Waals surface area contributed by atoms with Crippen molar-refractivity contribution in [2.75, 3.05) is 13.2 Å². The molecule has 0 atom stereocenters. The van der Waals surface area contributed by atoms with Crippen LogP contribution in [0.3, 0.4) is 0 Å². The molecule has 2 heteroatoms. The molecule has 0 rings (SSSR count). The van der Waals surface area contributed by atoms with Gasteiger partial charge in [-0.3, -0.25) is 0 Å². The molecule has 0 spiro atoms. The lowest BCUT2D eigenvalue weighted by atomic mass is 10.0. The van der Waals surface area contributed by atoms with Crippen LogP contribution in [0, 0.1) is 5.92 Å². The Kier molecular flexibility index (Phi) is 40.6. The molecule has 0 saturated carbocycles. The molecule has 0 bridgehead atoms. The zero-order valence-corrected chi connectivity index (χ0v) is 26.8. The molecular weight excluding hydrogens is 464 g/mol. The van der Waals surface area contributed by atoms with Gasteiger partial charge in [0.2, 0.25) is 0 Å². The van der Waals surface area contributed by atoms with Gasteiger partial charge in [-0.05, 0) is 44.4 Å². The predicted octanol–water partition coefficient (Wildman–Crippen LogP) is 12.1. The molecule has 2 N–H and O–H groups in total. The van der Waals surface area contributed by atoms with E-state index < -0.39 is 0 Å². The minimum absolute atomic E-state index is 0.362. The first-order valence-corrected chi connectivity index (χ1v) is 17.6. The summed E-state index contributed by atoms with van der Waals surface area (Å²) in [5.41, 5.74) is 0. The highest BCUT2D eigenvalue weighted by Crippen LogP contribution is 2.14. The van der Waals surface area contributed by atoms with Gasteiger partial charge in [-0.1, -0.05) is 174 Å². The summed E-state index contributed by atoms with van der Waals surface area (Å²) in [6.45, 7) is 7.65. The number of allylic oxidation sites excluding steroid dienone is 2. The second kappa shape index (κ2) is 38.8. The van der Waals surface area contributed by atoms with Crippen molar-refractivity contribution in [3.8, 4) is 0 Å². The van der Waals surface area contributed by atoms with Gasteiger partial charge >= 0.3 is 0 Å². The van der Waals surface area contributed by atoms with Crippen LogP contribution >= 0.6 is 0 Å². The average Bonchev–Trinajstić information content (AvgIpc) is 2.91. The van der Waals surface area contributed by atoms with Crippen molar-refractivity contribution >= 4 is 0 Å². The summed E-state index contributed by atoms with van der Waals surface area (Å²) >= 11 is 0. The van der Waals surface area contributed by atoms with E-state index in [1.54, 1.807) is 0 Å². The molecular formula is C36H74O2. The summed E-state index contributed by atoms with van der Waals surface area (Å²) < 4.78 is 0. The summed E-state index contributed by atoms with van der Waals surface area (Å²) in [4.78, 5) is 0. The van der Waals surface area contributed by atoms with E-state index in [2.05, 4.69) is 32.9 Å². The Morgan fingerprint density at radius 3 is 1.00 bits per heavy atom. The molecule has 0 heterocycles. The Hall–Kier alpha value is -0.340. The van der Waals surface area contributed by atoms with Crippen LogP contribution in [0.4, 0.5) is 0 Å². The van der Waals surface area contributed by atoms with Crippen molar-refractivity contribution in [3.05, 3.63) is 12.2 Å². The van der Waals surface area contributed by atoms with Crippen molar-refractivity contribution in [2.24, 2.45) is 5.92 Å². The summed E-state index contributed by atoms with van der Waals surface area (Å²) in [6, 6.07) is 0. The number of aliphatic hydroxyl groups is 2. The highest BCUT2D eigenvalue weighted by Gasteiger charge is 1.96. The Labute approximate surface area is 241 Å². The van der Waals surface area contributed by atoms with Crippen LogP contribution in [0.2, 0.25) is 0 Å². The van der Waals surface area contributed by atoms with Crippen molar-refractivity contribution in [1.29, 1.82) is 0 Å². The Bertz CT molecular complexity index is 404. The first-order chi connectivity index (χ1) is 18.7. The molecule has 0 aliphatic carbocycles. The molecule has 0 fully saturated rings. The van der Waals surface area contributed by atoms with Gasteiger partial charge in [0.05, 0.1) is 0 Å². The fourth-order valence-electron chi connectivity index (χ4n) is 4.97. The van der Waals surface area contributed by atoms with E-state index in [1.807, 2.05) is 0 Å². The lowest BCUT2D eigenvalue weighted by Crippen LogP contribution is -1.87. The van der Waals surface area contributed by atoms with E-state index in [0.717, 1.165) is 18.8 Å². The summed E-state index contributed by atoms with van der Waals surface area (Å²) in [6.07, 6.45) is 42.5. The van der Waals surface area contributed by atoms with E-state index >= 15 is 0 Å². The highest BCUT2D eigenvalue weighted by atomic mass is 16.3. The van der Waals surface area contributed by atoms with E-state index in [0.29, 0.717) is 13.2 Å². The first-order valence-electron chi connectivity index (χ1n) is 17.6. The van der Waals surface area contributed by atoms with Crippen molar-refractivity contribution < 1.29 is 10.2 Å². The summed E-state index contributed by atoms with van der Waals surface area (Å²) in [5.74, 6) is 0.886. The lowest BCUT2D eigenvalue weighted by molar-refractivity contribution is 0.282. The smallest absolute Gasteiger partial charge is 0.0431 e. The Balaban J connectivity index is 0. The Morgan fingerprint density at radius 2 is 0.684 bits per heavy atom. The third-order valence-corrected chi connectivity index (χ3v) is 7.61. The third kappa shape index (κ3) is 42.7. The van der Waals surface area contributed by atoms with Crippen LogP contribution in [-0.4, -0.2) is 23.4 Å². The van der Waals surface area contributed by atoms with E-state index in [1.165, 1.54) is 167 Å². The fraction of sp³-hybridized carbons (Fsp3) is 0.944. The molecule has 230 valence electrons. The predicted molar refractivity (Wildman–Crippen MR) is 173 cm³/mol. The Morgan fingerprint density at radius 1 is 0.395 bits per heavy atom. The summed E-state index contributed by atoms with van der Waals surface area (Å²) in [5, 5.41) is 17.3. The quantitative estimate of drug-likeness (QED) is 0.0705. The van der Waals surface area contributed by atoms with E-state index in [-0.39, 0.29) is 0 Å². The minimum atomic E-state index is 0.362. The van der Waals surface area contributed by atoms with Crippen molar-refractivity contribution in [3.63, 3.8) is 0 Å². The molecule has 0 aromatic rings. The highest BCUT2D eigenvalue weighted by molar-refractivity contribution is 4.81. The average molecular weight is 539 g/mol. The van der Waals surface area contributed by atoms with Crippen molar-refractivity contribution in [1.82, 2.24) is 0 Å². The SMILES string of the molecule is CC(C)CCCCCCCCCCCCCCCO.CCCCCCCC/C=C\CCCCCCCCO. The normalized spacial score (nSPS) is 11.4. The van der Waals surface area contributed by atoms with Crippen LogP contribution in [-0.2, 0) is 0 Å². The number of hydrogen-bond donors (Lipinski definition) is 2. The van der Waals surface area contributed by atoms with Crippen LogP contribution < -0.4 is 0 Å². The monoisotopic (exact) mass is 539 g/mol. The van der Waals surface area contributed by atoms with Crippen LogP contribution in [0.25, 0.3) is 0 Å². The zero-order valence-electron chi connectivity index (χ0n) is 26.8. The van der Waals surface area contributed by atoms with Crippen molar-refractivity contribution in [2.45, 2.75) is 201 Å². The zero-order chi connectivity index (χ0) is 28.2. The number of rotatable bonds is 30. The van der Waals surface area contributed by atoms with Gasteiger partial charge in [0.15, 0.2) is 0 Å². The second-order valence-corrected chi connectivity index (χ2v) is 12.2. The minimum Gasteiger partial charge on any atom is -0.396 e. The van der Waals surface area contributed by atoms with Crippen LogP contribution in [0.15, 0.2) is 12.2 Å². The maximum atomic E-state index is 8.67. The van der Waals surface area contributed by atoms with E-state index in [4.69, 9.17) is 10.2 Å². The van der Waals surface area contributed by atoms with Gasteiger partial charge < -0.3 is 10.2 Å².